The van der Waals surface area contributed by atoms with Gasteiger partial charge in [0.2, 0.25) is 5.91 Å². The molecule has 1 saturated carbocycles. The number of alkyl halides is 3. The molecule has 0 radical (unpaired) electrons. The summed E-state index contributed by atoms with van der Waals surface area (Å²) in [6.45, 7) is 11.0. The van der Waals surface area contributed by atoms with Gasteiger partial charge in [-0.3, -0.25) is 9.69 Å². The molecule has 32 heavy (non-hydrogen) atoms. The number of pyridine rings is 1. The van der Waals surface area contributed by atoms with Gasteiger partial charge in [0.05, 0.1) is 13.2 Å². The smallest absolute Gasteiger partial charge is 0.433 e. The van der Waals surface area contributed by atoms with E-state index in [9.17, 15) is 22.8 Å². The average molecular weight is 455 g/mol. The summed E-state index contributed by atoms with van der Waals surface area (Å²) < 4.78 is 50.2. The average Bonchev–Trinajstić information content (AvgIpc) is 3.24. The third-order valence-corrected chi connectivity index (χ3v) is 5.58. The molecule has 2 amide bonds. The molecule has 1 aromatic heterocycles. The molecule has 10 heteroatoms. The van der Waals surface area contributed by atoms with Crippen molar-refractivity contribution in [1.29, 1.82) is 0 Å². The minimum atomic E-state index is -4.64. The Bertz CT molecular complexity index is 913. The van der Waals surface area contributed by atoms with Crippen LogP contribution in [0.15, 0.2) is 24.8 Å². The number of ether oxygens (including phenoxy) is 2. The summed E-state index contributed by atoms with van der Waals surface area (Å²) in [6, 6.07) is 0.947. The maximum atomic E-state index is 13.1. The van der Waals surface area contributed by atoms with Crippen molar-refractivity contribution in [3.8, 4) is 0 Å². The molecule has 2 heterocycles. The number of nitrogens with one attached hydrogen (secondary N) is 1. The van der Waals surface area contributed by atoms with Gasteiger partial charge >= 0.3 is 12.3 Å². The second-order valence-corrected chi connectivity index (χ2v) is 9.34. The van der Waals surface area contributed by atoms with Gasteiger partial charge in [-0.2, -0.15) is 13.2 Å². The van der Waals surface area contributed by atoms with Crippen molar-refractivity contribution < 1.29 is 32.2 Å². The Balaban J connectivity index is 1.83. The quantitative estimate of drug-likeness (QED) is 0.511. The van der Waals surface area contributed by atoms with Crippen LogP contribution in [0, 0.1) is 12.3 Å². The molecule has 176 valence electrons. The number of hydrogen-bond acceptors (Lipinski definition) is 5. The van der Waals surface area contributed by atoms with Gasteiger partial charge in [0.15, 0.2) is 0 Å². The summed E-state index contributed by atoms with van der Waals surface area (Å²) in [6.07, 6.45) is -2.69. The molecule has 2 fully saturated rings. The maximum absolute atomic E-state index is 13.1. The number of amides is 2. The highest BCUT2D eigenvalue weighted by Crippen LogP contribution is 2.60. The molecule has 2 aliphatic rings. The highest BCUT2D eigenvalue weighted by molar-refractivity contribution is 5.97. The van der Waals surface area contributed by atoms with Crippen LogP contribution in [0.1, 0.15) is 44.9 Å². The predicted octanol–water partition coefficient (Wildman–Crippen LogP) is 4.32. The van der Waals surface area contributed by atoms with Crippen molar-refractivity contribution >= 4 is 17.8 Å². The van der Waals surface area contributed by atoms with Gasteiger partial charge in [0.25, 0.3) is 0 Å². The Hall–Kier alpha value is -2.62. The van der Waals surface area contributed by atoms with E-state index >= 15 is 0 Å². The summed E-state index contributed by atoms with van der Waals surface area (Å²) >= 11 is 0. The Labute approximate surface area is 185 Å². The summed E-state index contributed by atoms with van der Waals surface area (Å²) in [4.78, 5) is 31.0. The van der Waals surface area contributed by atoms with Gasteiger partial charge in [-0.15, -0.1) is 6.58 Å². The lowest BCUT2D eigenvalue weighted by molar-refractivity contribution is -0.141. The molecule has 3 rings (SSSR count). The number of piperidine rings is 1. The molecule has 3 atom stereocenters. The largest absolute Gasteiger partial charge is 0.444 e. The van der Waals surface area contributed by atoms with Crippen LogP contribution in [-0.4, -0.2) is 52.8 Å². The van der Waals surface area contributed by atoms with Crippen LogP contribution in [0.5, 0.6) is 0 Å². The Morgan fingerprint density at radius 3 is 2.59 bits per heavy atom. The summed E-state index contributed by atoms with van der Waals surface area (Å²) in [5.41, 5.74) is -1.89. The third-order valence-electron chi connectivity index (χ3n) is 5.58. The van der Waals surface area contributed by atoms with Crippen molar-refractivity contribution in [3.05, 3.63) is 36.0 Å². The van der Waals surface area contributed by atoms with Crippen molar-refractivity contribution in [2.75, 3.05) is 18.5 Å². The van der Waals surface area contributed by atoms with E-state index in [1.54, 1.807) is 33.8 Å². The van der Waals surface area contributed by atoms with Gasteiger partial charge in [0, 0.05) is 11.5 Å². The van der Waals surface area contributed by atoms with E-state index in [0.717, 1.165) is 6.07 Å². The van der Waals surface area contributed by atoms with Gasteiger partial charge in [-0.1, -0.05) is 12.1 Å². The fourth-order valence-electron chi connectivity index (χ4n) is 4.00. The molecule has 1 aromatic rings. The highest BCUT2D eigenvalue weighted by Gasteiger charge is 2.68. The maximum Gasteiger partial charge on any atom is 0.433 e. The van der Waals surface area contributed by atoms with Gasteiger partial charge < -0.3 is 14.8 Å². The van der Waals surface area contributed by atoms with E-state index < -0.39 is 40.9 Å². The van der Waals surface area contributed by atoms with Crippen LogP contribution in [-0.2, 0) is 20.4 Å². The fraction of sp³-hybridized carbons (Fsp3) is 0.591. The second-order valence-electron chi connectivity index (χ2n) is 9.34. The Kier molecular flexibility index (Phi) is 6.29. The number of rotatable bonds is 6. The van der Waals surface area contributed by atoms with E-state index in [1.165, 1.54) is 11.0 Å². The molecule has 0 spiro atoms. The third kappa shape index (κ3) is 5.06. The molecule has 1 N–H and O–H groups in total. The lowest BCUT2D eigenvalue weighted by Crippen LogP contribution is -2.47. The van der Waals surface area contributed by atoms with Crippen LogP contribution < -0.4 is 5.32 Å². The van der Waals surface area contributed by atoms with Crippen molar-refractivity contribution in [2.24, 2.45) is 5.41 Å². The summed E-state index contributed by atoms with van der Waals surface area (Å²) in [5, 5.41) is 2.48. The lowest BCUT2D eigenvalue weighted by Gasteiger charge is -2.29. The van der Waals surface area contributed by atoms with Crippen molar-refractivity contribution in [3.63, 3.8) is 0 Å². The molecule has 1 saturated heterocycles. The number of anilines is 1. The van der Waals surface area contributed by atoms with Gasteiger partial charge in [0.1, 0.15) is 23.2 Å². The number of carbonyl (C=O) groups is 2. The zero-order chi connectivity index (χ0) is 23.9. The van der Waals surface area contributed by atoms with E-state index in [4.69, 9.17) is 9.47 Å². The number of fused-ring (bicyclic) bond motifs is 1. The molecule has 0 unspecified atom stereocenters. The molecule has 0 aromatic carbocycles. The second kappa shape index (κ2) is 8.38. The number of hydrogen-bond donors (Lipinski definition) is 1. The number of aryl methyl sites for hydroxylation is 1. The zero-order valence-electron chi connectivity index (χ0n) is 18.6. The Morgan fingerprint density at radius 1 is 1.31 bits per heavy atom. The molecule has 1 aliphatic carbocycles. The van der Waals surface area contributed by atoms with Crippen LogP contribution in [0.25, 0.3) is 0 Å². The predicted molar refractivity (Wildman–Crippen MR) is 111 cm³/mol. The van der Waals surface area contributed by atoms with Crippen LogP contribution in [0.4, 0.5) is 23.8 Å². The standard InChI is InChI=1S/C22H28F3N3O4/c1-6-9-31-12-21-10-14(28(16(21)11-21)19(30)32-20(3,4)5)18(29)27-17-13(2)7-8-15(26-17)22(23,24)25/h6-8,14,16H,1,9-12H2,2-5H3,(H,26,27,29)/t14-,16+,21-/m0/s1. The monoisotopic (exact) mass is 455 g/mol. The number of carbonyl (C=O) groups excluding carboxylic acids is 2. The van der Waals surface area contributed by atoms with E-state index in [-0.39, 0.29) is 11.9 Å². The van der Waals surface area contributed by atoms with E-state index in [1.807, 2.05) is 0 Å². The van der Waals surface area contributed by atoms with E-state index in [0.29, 0.717) is 31.6 Å². The highest BCUT2D eigenvalue weighted by atomic mass is 19.4. The molecular formula is C22H28F3N3O4. The topological polar surface area (TPSA) is 80.8 Å². The number of halogens is 3. The summed E-state index contributed by atoms with van der Waals surface area (Å²) in [7, 11) is 0. The first kappa shape index (κ1) is 24.0. The molecule has 0 bridgehead atoms. The SMILES string of the molecule is C=CCOC[C@@]12C[C@@H](C(=O)Nc3nc(C(F)(F)F)ccc3C)N(C(=O)OC(C)(C)C)[C@@H]1C2. The van der Waals surface area contributed by atoms with Crippen molar-refractivity contribution in [1.82, 2.24) is 9.88 Å². The number of aromatic nitrogens is 1. The van der Waals surface area contributed by atoms with Gasteiger partial charge in [-0.05, 0) is 52.2 Å². The normalized spacial score (nSPS) is 24.7. The minimum Gasteiger partial charge on any atom is -0.444 e. The Morgan fingerprint density at radius 2 is 2.00 bits per heavy atom. The first-order valence-corrected chi connectivity index (χ1v) is 10.3. The van der Waals surface area contributed by atoms with Crippen LogP contribution in [0.2, 0.25) is 0 Å². The molecular weight excluding hydrogens is 427 g/mol. The van der Waals surface area contributed by atoms with Crippen LogP contribution >= 0.6 is 0 Å². The first-order chi connectivity index (χ1) is 14.8. The fourth-order valence-corrected chi connectivity index (χ4v) is 4.00. The van der Waals surface area contributed by atoms with Crippen molar-refractivity contribution in [2.45, 2.75) is 64.4 Å². The first-order valence-electron chi connectivity index (χ1n) is 10.3. The lowest BCUT2D eigenvalue weighted by atomic mass is 10.00. The number of likely N-dealkylation sites (tertiary alicyclic amines) is 1. The zero-order valence-corrected chi connectivity index (χ0v) is 18.6. The minimum absolute atomic E-state index is 0.188. The van der Waals surface area contributed by atoms with E-state index in [2.05, 4.69) is 16.9 Å². The summed E-state index contributed by atoms with van der Waals surface area (Å²) in [5.74, 6) is -0.799. The van der Waals surface area contributed by atoms with Crippen LogP contribution in [0.3, 0.4) is 0 Å². The molecule has 7 nitrogen and oxygen atoms in total. The number of nitrogens with zero attached hydrogens (tertiary/aromatic N) is 2. The molecule has 1 aliphatic heterocycles. The van der Waals surface area contributed by atoms with Gasteiger partial charge in [-0.25, -0.2) is 9.78 Å².